The van der Waals surface area contributed by atoms with Crippen molar-refractivity contribution in [1.29, 1.82) is 0 Å². The Labute approximate surface area is 335 Å². The van der Waals surface area contributed by atoms with E-state index in [0.717, 1.165) is 6.42 Å². The van der Waals surface area contributed by atoms with Crippen molar-refractivity contribution in [2.75, 3.05) is 26.9 Å². The summed E-state index contributed by atoms with van der Waals surface area (Å²) >= 11 is 0. The average Bonchev–Trinajstić information content (AvgIpc) is 3.41. The molecule has 6 aliphatic rings. The fourth-order valence-corrected chi connectivity index (χ4v) is 12.6. The summed E-state index contributed by atoms with van der Waals surface area (Å²) in [7, 11) is -3.82. The first-order valence-corrected chi connectivity index (χ1v) is 21.8. The van der Waals surface area contributed by atoms with Gasteiger partial charge in [0.15, 0.2) is 12.6 Å². The molecule has 330 valence electrons. The van der Waals surface area contributed by atoms with Gasteiger partial charge in [-0.3, -0.25) is 4.55 Å². The van der Waals surface area contributed by atoms with Gasteiger partial charge in [-0.2, -0.15) is 8.42 Å². The number of aliphatic hydroxyl groups is 8. The quantitative estimate of drug-likeness (QED) is 0.0917. The molecule has 0 aromatic carbocycles. The molecule has 2 saturated heterocycles. The number of hydrogen-bond donors (Lipinski definition) is 9. The number of aliphatic hydroxyl groups excluding tert-OH is 7. The second kappa shape index (κ2) is 17.1. The fraction of sp³-hybridized carbons (Fsp3) is 0.949. The molecule has 0 amide bonds. The third kappa shape index (κ3) is 8.51. The summed E-state index contributed by atoms with van der Waals surface area (Å²) < 4.78 is 66.4. The Hall–Kier alpha value is -0.910. The highest BCUT2D eigenvalue weighted by Crippen LogP contribution is 2.69. The van der Waals surface area contributed by atoms with Crippen LogP contribution >= 0.6 is 0 Å². The molecular weight excluding hydrogens is 772 g/mol. The van der Waals surface area contributed by atoms with Crippen LogP contribution in [0.1, 0.15) is 73.1 Å². The van der Waals surface area contributed by atoms with Gasteiger partial charge < -0.3 is 64.5 Å². The van der Waals surface area contributed by atoms with Crippen LogP contribution < -0.4 is 0 Å². The molecule has 0 aromatic rings. The summed E-state index contributed by atoms with van der Waals surface area (Å²) in [6, 6.07) is 0. The lowest BCUT2D eigenvalue weighted by atomic mass is 9.41. The van der Waals surface area contributed by atoms with Crippen molar-refractivity contribution in [3.05, 3.63) is 12.2 Å². The first-order chi connectivity index (χ1) is 26.6. The number of hydrogen-bond acceptors (Lipinski definition) is 16. The molecular formula is C39H66O17S. The summed E-state index contributed by atoms with van der Waals surface area (Å²) in [4.78, 5) is 0. The van der Waals surface area contributed by atoms with Crippen LogP contribution in [0.2, 0.25) is 0 Å². The van der Waals surface area contributed by atoms with Crippen molar-refractivity contribution in [3.8, 4) is 0 Å². The van der Waals surface area contributed by atoms with E-state index in [1.54, 1.807) is 0 Å². The SMILES string of the molecule is COC1C(O)[C@H](O)CO[C@H]1OC1C(OC[C@@H](C)[C@H](C)/C=C/C(C)C2CC(O)C3C4(O)CC(O)C5C(O)C(O)CC[C@]5(C)C4CC[C@]23C)OC[C@@H](O)C1OS(=O)(=O)O. The van der Waals surface area contributed by atoms with Crippen molar-refractivity contribution in [2.24, 2.45) is 52.3 Å². The maximum Gasteiger partial charge on any atom is 0.397 e. The van der Waals surface area contributed by atoms with E-state index in [2.05, 4.69) is 26.0 Å². The first kappa shape index (κ1) is 45.6. The van der Waals surface area contributed by atoms with Crippen LogP contribution in [0, 0.1) is 52.3 Å². The maximum absolute atomic E-state index is 12.6. The van der Waals surface area contributed by atoms with Crippen molar-refractivity contribution >= 4 is 10.4 Å². The number of rotatable bonds is 12. The van der Waals surface area contributed by atoms with Gasteiger partial charge in [0.05, 0.1) is 49.8 Å². The van der Waals surface area contributed by atoms with Crippen LogP contribution in [-0.4, -0.2) is 160 Å². The smallest absolute Gasteiger partial charge is 0.393 e. The van der Waals surface area contributed by atoms with E-state index >= 15 is 0 Å². The lowest BCUT2D eigenvalue weighted by Crippen LogP contribution is -2.70. The molecule has 57 heavy (non-hydrogen) atoms. The summed E-state index contributed by atoms with van der Waals surface area (Å²) in [6.07, 6.45) is -8.05. The second-order valence-electron chi connectivity index (χ2n) is 18.6. The lowest BCUT2D eigenvalue weighted by molar-refractivity contribution is -0.344. The van der Waals surface area contributed by atoms with Gasteiger partial charge in [-0.05, 0) is 72.5 Å². The fourth-order valence-electron chi connectivity index (χ4n) is 12.1. The predicted octanol–water partition coefficient (Wildman–Crippen LogP) is -0.102. The van der Waals surface area contributed by atoms with Gasteiger partial charge in [-0.1, -0.05) is 46.8 Å². The highest BCUT2D eigenvalue weighted by atomic mass is 32.3. The van der Waals surface area contributed by atoms with Gasteiger partial charge in [0, 0.05) is 25.4 Å². The minimum Gasteiger partial charge on any atom is -0.393 e. The molecule has 2 heterocycles. The second-order valence-corrected chi connectivity index (χ2v) is 19.7. The summed E-state index contributed by atoms with van der Waals surface area (Å²) in [5.41, 5.74) is -2.36. The minimum absolute atomic E-state index is 0.00578. The van der Waals surface area contributed by atoms with Crippen LogP contribution in [0.15, 0.2) is 12.2 Å². The van der Waals surface area contributed by atoms with Gasteiger partial charge >= 0.3 is 10.4 Å². The maximum atomic E-state index is 12.6. The highest BCUT2D eigenvalue weighted by molar-refractivity contribution is 7.80. The molecule has 15 unspecified atom stereocenters. The Morgan fingerprint density at radius 1 is 0.789 bits per heavy atom. The van der Waals surface area contributed by atoms with Gasteiger partial charge in [-0.25, -0.2) is 4.18 Å². The zero-order chi connectivity index (χ0) is 42.0. The molecule has 4 aliphatic carbocycles. The van der Waals surface area contributed by atoms with Crippen LogP contribution in [0.3, 0.4) is 0 Å². The molecule has 0 bridgehead atoms. The van der Waals surface area contributed by atoms with Crippen LogP contribution in [0.4, 0.5) is 0 Å². The summed E-state index contributed by atoms with van der Waals surface area (Å²) in [5.74, 6) is -1.45. The van der Waals surface area contributed by atoms with E-state index in [9.17, 15) is 53.8 Å². The zero-order valence-corrected chi connectivity index (χ0v) is 34.5. The van der Waals surface area contributed by atoms with E-state index in [-0.39, 0.29) is 49.2 Å². The van der Waals surface area contributed by atoms with Crippen LogP contribution in [0.25, 0.3) is 0 Å². The number of methoxy groups -OCH3 is 1. The van der Waals surface area contributed by atoms with E-state index in [1.165, 1.54) is 7.11 Å². The van der Waals surface area contributed by atoms with E-state index in [1.807, 2.05) is 20.8 Å². The Morgan fingerprint density at radius 2 is 1.44 bits per heavy atom. The molecule has 17 nitrogen and oxygen atoms in total. The topological polar surface area (TPSA) is 272 Å². The molecule has 0 radical (unpaired) electrons. The van der Waals surface area contributed by atoms with Crippen molar-refractivity contribution in [1.82, 2.24) is 0 Å². The van der Waals surface area contributed by atoms with Crippen molar-refractivity contribution in [2.45, 2.75) is 152 Å². The third-order valence-electron chi connectivity index (χ3n) is 15.2. The minimum atomic E-state index is -5.08. The Balaban J connectivity index is 1.12. The average molecular weight is 839 g/mol. The number of allylic oxidation sites excluding steroid dienone is 2. The molecule has 0 spiro atoms. The summed E-state index contributed by atoms with van der Waals surface area (Å²) in [6.45, 7) is 9.54. The van der Waals surface area contributed by atoms with Crippen LogP contribution in [-0.2, 0) is 38.3 Å². The highest BCUT2D eigenvalue weighted by Gasteiger charge is 2.71. The van der Waals surface area contributed by atoms with E-state index < -0.39 is 119 Å². The first-order valence-electron chi connectivity index (χ1n) is 20.4. The van der Waals surface area contributed by atoms with Gasteiger partial charge in [0.1, 0.15) is 36.6 Å². The molecule has 6 fully saturated rings. The molecule has 4 saturated carbocycles. The molecule has 2 aliphatic heterocycles. The Kier molecular flexibility index (Phi) is 13.7. The normalized spacial score (nSPS) is 50.8. The van der Waals surface area contributed by atoms with Crippen molar-refractivity contribution < 1.29 is 81.7 Å². The largest absolute Gasteiger partial charge is 0.397 e. The third-order valence-corrected chi connectivity index (χ3v) is 15.7. The molecule has 22 atom stereocenters. The summed E-state index contributed by atoms with van der Waals surface area (Å²) in [5, 5.41) is 88.3. The zero-order valence-electron chi connectivity index (χ0n) is 33.7. The van der Waals surface area contributed by atoms with Gasteiger partial charge in [0.25, 0.3) is 0 Å². The standard InChI is InChI=1S/C39H66O17S/c1-18(20(3)15-52-35-33(31(26(44)17-53-35)56-57(48,49)50)55-36-32(51-6)30(46)25(43)16-54-36)7-8-19(2)21-13-23(41)34-37(21,4)12-10-27-38(5)11-9-22(40)29(45)28(38)24(42)14-39(27,34)47/h7-8,18-36,40-47H,9-17H2,1-6H3,(H,48,49,50)/b8-7+/t18-,19?,20-,21?,22?,23?,24?,25-,26-,27?,28?,29?,30?,31?,32?,33?,34?,35?,36+,37-,38-,39?/m1/s1. The number of ether oxygens (including phenoxy) is 5. The molecule has 9 N–H and O–H groups in total. The van der Waals surface area contributed by atoms with E-state index in [0.29, 0.717) is 25.7 Å². The molecule has 6 rings (SSSR count). The lowest BCUT2D eigenvalue weighted by Gasteiger charge is -2.66. The van der Waals surface area contributed by atoms with Gasteiger partial charge in [-0.15, -0.1) is 0 Å². The predicted molar refractivity (Wildman–Crippen MR) is 199 cm³/mol. The Bertz CT molecular complexity index is 1520. The van der Waals surface area contributed by atoms with Gasteiger partial charge in [0.2, 0.25) is 0 Å². The van der Waals surface area contributed by atoms with Crippen molar-refractivity contribution in [3.63, 3.8) is 0 Å². The van der Waals surface area contributed by atoms with Crippen LogP contribution in [0.5, 0.6) is 0 Å². The molecule has 0 aromatic heterocycles. The monoisotopic (exact) mass is 838 g/mol. The van der Waals surface area contributed by atoms with E-state index in [4.69, 9.17) is 27.9 Å². The molecule has 18 heteroatoms. The number of fused-ring (bicyclic) bond motifs is 5. The Morgan fingerprint density at radius 3 is 2.11 bits per heavy atom.